The molecule has 1 saturated carbocycles. The van der Waals surface area contributed by atoms with Crippen LogP contribution in [0, 0.1) is 11.8 Å². The molecule has 2 aliphatic rings. The first-order chi connectivity index (χ1) is 12.4. The number of nitrogens with zero attached hydrogens (tertiary/aromatic N) is 1. The van der Waals surface area contributed by atoms with E-state index in [0.717, 1.165) is 48.5 Å². The van der Waals surface area contributed by atoms with Crippen LogP contribution in [-0.2, 0) is 4.84 Å². The standard InChI is InChI=1S/C22H32NO3/c1-21(2,3)11-8-14-25-20-15-17(9-10-19(20)24-4)18-16-22(26-23-18)12-6-5-7-13-22/h9-11,15H,5-8,12-14,16H2,1-4H3. The summed E-state index contributed by atoms with van der Waals surface area (Å²) in [4.78, 5) is 5.89. The zero-order valence-corrected chi connectivity index (χ0v) is 16.6. The summed E-state index contributed by atoms with van der Waals surface area (Å²) in [5.41, 5.74) is 2.25. The van der Waals surface area contributed by atoms with Crippen LogP contribution in [0.1, 0.15) is 71.3 Å². The van der Waals surface area contributed by atoms with Gasteiger partial charge in [-0.15, -0.1) is 0 Å². The van der Waals surface area contributed by atoms with Gasteiger partial charge in [-0.05, 0) is 62.1 Å². The second kappa shape index (κ2) is 7.89. The predicted molar refractivity (Wildman–Crippen MR) is 105 cm³/mol. The van der Waals surface area contributed by atoms with Gasteiger partial charge in [-0.3, -0.25) is 0 Å². The third-order valence-electron chi connectivity index (χ3n) is 5.23. The molecule has 0 N–H and O–H groups in total. The molecule has 1 fully saturated rings. The van der Waals surface area contributed by atoms with Crippen molar-refractivity contribution in [1.29, 1.82) is 0 Å². The molecule has 1 radical (unpaired) electrons. The van der Waals surface area contributed by atoms with Gasteiger partial charge in [0, 0.05) is 12.0 Å². The summed E-state index contributed by atoms with van der Waals surface area (Å²) in [6.45, 7) is 7.25. The molecule has 1 aromatic carbocycles. The van der Waals surface area contributed by atoms with E-state index in [9.17, 15) is 0 Å². The predicted octanol–water partition coefficient (Wildman–Crippen LogP) is 5.54. The largest absolute Gasteiger partial charge is 0.493 e. The minimum absolute atomic E-state index is 0.0593. The van der Waals surface area contributed by atoms with Gasteiger partial charge in [-0.25, -0.2) is 0 Å². The van der Waals surface area contributed by atoms with Crippen molar-refractivity contribution in [2.75, 3.05) is 13.7 Å². The van der Waals surface area contributed by atoms with Crippen molar-refractivity contribution >= 4 is 5.71 Å². The number of methoxy groups -OCH3 is 1. The average molecular weight is 359 g/mol. The lowest BCUT2D eigenvalue weighted by Gasteiger charge is -2.30. The van der Waals surface area contributed by atoms with Crippen molar-refractivity contribution in [3.8, 4) is 11.5 Å². The molecule has 26 heavy (non-hydrogen) atoms. The molecule has 143 valence electrons. The van der Waals surface area contributed by atoms with E-state index in [4.69, 9.17) is 14.3 Å². The number of hydrogen-bond donors (Lipinski definition) is 0. The van der Waals surface area contributed by atoms with E-state index in [1.165, 1.54) is 19.3 Å². The Labute approximate surface area is 157 Å². The van der Waals surface area contributed by atoms with Gasteiger partial charge in [-0.1, -0.05) is 32.3 Å². The molecule has 1 spiro atoms. The lowest BCUT2D eigenvalue weighted by molar-refractivity contribution is -0.0449. The molecule has 0 amide bonds. The average Bonchev–Trinajstić information content (AvgIpc) is 3.02. The zero-order chi connectivity index (χ0) is 18.6. The van der Waals surface area contributed by atoms with Gasteiger partial charge in [0.25, 0.3) is 0 Å². The minimum Gasteiger partial charge on any atom is -0.493 e. The molecule has 1 heterocycles. The Morgan fingerprint density at radius 2 is 1.92 bits per heavy atom. The van der Waals surface area contributed by atoms with E-state index in [1.54, 1.807) is 7.11 Å². The highest BCUT2D eigenvalue weighted by Gasteiger charge is 2.40. The van der Waals surface area contributed by atoms with Gasteiger partial charge in [0.1, 0.15) is 5.60 Å². The summed E-state index contributed by atoms with van der Waals surface area (Å²) >= 11 is 0. The maximum Gasteiger partial charge on any atom is 0.161 e. The molecule has 1 aromatic rings. The van der Waals surface area contributed by atoms with E-state index in [0.29, 0.717) is 6.61 Å². The topological polar surface area (TPSA) is 40.0 Å². The van der Waals surface area contributed by atoms with Crippen LogP contribution in [0.3, 0.4) is 0 Å². The van der Waals surface area contributed by atoms with Gasteiger partial charge in [0.2, 0.25) is 0 Å². The summed E-state index contributed by atoms with van der Waals surface area (Å²) in [5, 5.41) is 4.42. The fraction of sp³-hybridized carbons (Fsp3) is 0.636. The Hall–Kier alpha value is -1.71. The van der Waals surface area contributed by atoms with Crippen LogP contribution < -0.4 is 9.47 Å². The first-order valence-corrected chi connectivity index (χ1v) is 9.81. The third kappa shape index (κ3) is 4.72. The molecule has 0 atom stereocenters. The second-order valence-electron chi connectivity index (χ2n) is 8.62. The van der Waals surface area contributed by atoms with Crippen molar-refractivity contribution in [2.24, 2.45) is 10.6 Å². The Bertz CT molecular complexity index is 639. The van der Waals surface area contributed by atoms with Crippen LogP contribution in [0.25, 0.3) is 0 Å². The summed E-state index contributed by atoms with van der Waals surface area (Å²) < 4.78 is 11.5. The molecule has 0 saturated heterocycles. The number of benzene rings is 1. The Morgan fingerprint density at radius 1 is 1.15 bits per heavy atom. The first-order valence-electron chi connectivity index (χ1n) is 9.81. The highest BCUT2D eigenvalue weighted by Crippen LogP contribution is 2.40. The van der Waals surface area contributed by atoms with Gasteiger partial charge in [0.15, 0.2) is 11.5 Å². The van der Waals surface area contributed by atoms with Crippen molar-refractivity contribution in [3.05, 3.63) is 30.2 Å². The second-order valence-corrected chi connectivity index (χ2v) is 8.62. The van der Waals surface area contributed by atoms with Crippen molar-refractivity contribution in [3.63, 3.8) is 0 Å². The Kier molecular flexibility index (Phi) is 5.79. The normalized spacial score (nSPS) is 19.2. The number of hydrogen-bond acceptors (Lipinski definition) is 4. The van der Waals surface area contributed by atoms with E-state index in [2.05, 4.69) is 38.4 Å². The van der Waals surface area contributed by atoms with E-state index in [1.807, 2.05) is 12.1 Å². The van der Waals surface area contributed by atoms with Crippen LogP contribution in [0.5, 0.6) is 11.5 Å². The molecule has 0 unspecified atom stereocenters. The van der Waals surface area contributed by atoms with Crippen LogP contribution >= 0.6 is 0 Å². The lowest BCUT2D eigenvalue weighted by Crippen LogP contribution is -2.31. The Morgan fingerprint density at radius 3 is 2.62 bits per heavy atom. The summed E-state index contributed by atoms with van der Waals surface area (Å²) in [6, 6.07) is 6.06. The van der Waals surface area contributed by atoms with E-state index < -0.39 is 0 Å². The SMILES string of the molecule is COc1ccc(C2=NOC3(CCCCC3)C2)cc1OCC[CH]C(C)(C)C. The zero-order valence-electron chi connectivity index (χ0n) is 16.6. The molecule has 1 aliphatic heterocycles. The number of rotatable bonds is 6. The minimum atomic E-state index is -0.0593. The van der Waals surface area contributed by atoms with Crippen molar-refractivity contribution in [1.82, 2.24) is 0 Å². The van der Waals surface area contributed by atoms with Crippen LogP contribution in [0.4, 0.5) is 0 Å². The summed E-state index contributed by atoms with van der Waals surface area (Å²) in [7, 11) is 1.68. The third-order valence-corrected chi connectivity index (χ3v) is 5.23. The van der Waals surface area contributed by atoms with Crippen LogP contribution in [0.15, 0.2) is 23.4 Å². The lowest BCUT2D eigenvalue weighted by atomic mass is 9.81. The van der Waals surface area contributed by atoms with E-state index in [-0.39, 0.29) is 11.0 Å². The fourth-order valence-corrected chi connectivity index (χ4v) is 3.77. The molecule has 0 aromatic heterocycles. The van der Waals surface area contributed by atoms with Crippen molar-refractivity contribution in [2.45, 2.75) is 71.3 Å². The maximum absolute atomic E-state index is 6.01. The number of oxime groups is 1. The quantitative estimate of drug-likeness (QED) is 0.627. The first kappa shape index (κ1) is 19.1. The van der Waals surface area contributed by atoms with Gasteiger partial charge in [-0.2, -0.15) is 0 Å². The summed E-state index contributed by atoms with van der Waals surface area (Å²) in [5.74, 6) is 1.54. The van der Waals surface area contributed by atoms with Gasteiger partial charge in [0.05, 0.1) is 19.4 Å². The monoisotopic (exact) mass is 358 g/mol. The van der Waals surface area contributed by atoms with E-state index >= 15 is 0 Å². The van der Waals surface area contributed by atoms with Crippen LogP contribution in [-0.4, -0.2) is 25.0 Å². The highest BCUT2D eigenvalue weighted by molar-refractivity contribution is 6.02. The molecule has 4 heteroatoms. The maximum atomic E-state index is 6.01. The van der Waals surface area contributed by atoms with Crippen LogP contribution in [0.2, 0.25) is 0 Å². The Balaban J connectivity index is 1.65. The number of ether oxygens (including phenoxy) is 2. The van der Waals surface area contributed by atoms with Gasteiger partial charge >= 0.3 is 0 Å². The van der Waals surface area contributed by atoms with Crippen molar-refractivity contribution < 1.29 is 14.3 Å². The van der Waals surface area contributed by atoms with Gasteiger partial charge < -0.3 is 14.3 Å². The molecule has 3 rings (SSSR count). The molecule has 0 bridgehead atoms. The smallest absolute Gasteiger partial charge is 0.161 e. The highest BCUT2D eigenvalue weighted by atomic mass is 16.7. The summed E-state index contributed by atoms with van der Waals surface area (Å²) in [6.07, 6.45) is 10.1. The fourth-order valence-electron chi connectivity index (χ4n) is 3.77. The molecule has 4 nitrogen and oxygen atoms in total. The molecule has 1 aliphatic carbocycles. The molecular weight excluding hydrogens is 326 g/mol. The molecular formula is C22H32NO3.